The Morgan fingerprint density at radius 1 is 1.28 bits per heavy atom. The minimum Gasteiger partial charge on any atom is -0.484 e. The van der Waals surface area contributed by atoms with Crippen molar-refractivity contribution >= 4 is 5.91 Å². The number of hydrogen-bond acceptors (Lipinski definition) is 3. The van der Waals surface area contributed by atoms with Crippen LogP contribution in [0.3, 0.4) is 0 Å². The normalized spacial score (nSPS) is 12.0. The van der Waals surface area contributed by atoms with Crippen LogP contribution in [0.15, 0.2) is 36.4 Å². The summed E-state index contributed by atoms with van der Waals surface area (Å²) < 4.78 is 7.09. The Hall–Kier alpha value is -2.36. The summed E-state index contributed by atoms with van der Waals surface area (Å²) in [6.45, 7) is 14.1. The van der Waals surface area contributed by atoms with Crippen LogP contribution in [0.2, 0.25) is 0 Å². The zero-order valence-electron chi connectivity index (χ0n) is 15.9. The molecular weight excluding hydrogens is 312 g/mol. The third-order valence-electron chi connectivity index (χ3n) is 4.58. The first-order valence-corrected chi connectivity index (χ1v) is 8.78. The van der Waals surface area contributed by atoms with Gasteiger partial charge in [-0.2, -0.15) is 5.10 Å². The minimum absolute atomic E-state index is 0.0306. The van der Waals surface area contributed by atoms with Crippen molar-refractivity contribution in [2.45, 2.75) is 53.4 Å². The molecule has 1 unspecified atom stereocenters. The second-order valence-corrected chi connectivity index (χ2v) is 6.76. The fourth-order valence-corrected chi connectivity index (χ4v) is 2.81. The molecule has 4 nitrogen and oxygen atoms in total. The van der Waals surface area contributed by atoms with Crippen LogP contribution in [0, 0.1) is 13.8 Å². The van der Waals surface area contributed by atoms with E-state index < -0.39 is 0 Å². The van der Waals surface area contributed by atoms with E-state index in [1.807, 2.05) is 32.9 Å². The quantitative estimate of drug-likeness (QED) is 0.677. The molecule has 4 heteroatoms. The van der Waals surface area contributed by atoms with Crippen molar-refractivity contribution in [1.29, 1.82) is 0 Å². The molecule has 2 rings (SSSR count). The number of carbonyl (C=O) groups excluding carboxylic acids is 1. The molecule has 1 aromatic heterocycles. The molecule has 0 N–H and O–H groups in total. The number of carbonyl (C=O) groups is 1. The van der Waals surface area contributed by atoms with Crippen molar-refractivity contribution in [2.75, 3.05) is 6.61 Å². The molecule has 1 aromatic carbocycles. The standard InChI is InChI=1S/C21H28N2O2/c1-7-15(4)18-8-10-19(11-9-18)25-13-21(24)23-17(6)20(12-14(2)3)16(5)22-23/h8-11,15H,2,7,12-13H2,1,3-6H3. The Morgan fingerprint density at radius 2 is 1.92 bits per heavy atom. The summed E-state index contributed by atoms with van der Waals surface area (Å²) in [5.74, 6) is 1.06. The Bertz CT molecular complexity index is 757. The van der Waals surface area contributed by atoms with Crippen LogP contribution in [0.5, 0.6) is 5.75 Å². The number of hydrogen-bond donors (Lipinski definition) is 0. The lowest BCUT2D eigenvalue weighted by molar-refractivity contribution is 0.0818. The van der Waals surface area contributed by atoms with E-state index >= 15 is 0 Å². The van der Waals surface area contributed by atoms with Gasteiger partial charge in [0, 0.05) is 11.3 Å². The molecule has 0 spiro atoms. The first-order valence-electron chi connectivity index (χ1n) is 8.78. The Labute approximate surface area is 150 Å². The summed E-state index contributed by atoms with van der Waals surface area (Å²) in [4.78, 5) is 12.5. The van der Waals surface area contributed by atoms with E-state index in [9.17, 15) is 4.79 Å². The fraction of sp³-hybridized carbons (Fsp3) is 0.429. The number of benzene rings is 1. The number of aromatic nitrogens is 2. The largest absolute Gasteiger partial charge is 0.484 e. The smallest absolute Gasteiger partial charge is 0.284 e. The van der Waals surface area contributed by atoms with Gasteiger partial charge in [-0.05, 0) is 57.2 Å². The molecule has 1 atom stereocenters. The van der Waals surface area contributed by atoms with Gasteiger partial charge in [0.25, 0.3) is 5.91 Å². The zero-order valence-corrected chi connectivity index (χ0v) is 15.9. The lowest BCUT2D eigenvalue weighted by Crippen LogP contribution is -2.21. The van der Waals surface area contributed by atoms with E-state index in [1.54, 1.807) is 0 Å². The topological polar surface area (TPSA) is 44.1 Å². The van der Waals surface area contributed by atoms with Crippen LogP contribution >= 0.6 is 0 Å². The average Bonchev–Trinajstić information content (AvgIpc) is 2.87. The molecule has 0 aliphatic carbocycles. The van der Waals surface area contributed by atoms with Crippen LogP contribution < -0.4 is 4.74 Å². The molecule has 0 saturated carbocycles. The Kier molecular flexibility index (Phi) is 6.18. The molecule has 0 radical (unpaired) electrons. The highest BCUT2D eigenvalue weighted by atomic mass is 16.5. The predicted molar refractivity (Wildman–Crippen MR) is 101 cm³/mol. The van der Waals surface area contributed by atoms with Crippen LogP contribution in [0.4, 0.5) is 0 Å². The monoisotopic (exact) mass is 340 g/mol. The first-order chi connectivity index (χ1) is 11.8. The van der Waals surface area contributed by atoms with Gasteiger partial charge in [-0.1, -0.05) is 38.1 Å². The maximum Gasteiger partial charge on any atom is 0.284 e. The van der Waals surface area contributed by atoms with Crippen LogP contribution in [0.1, 0.15) is 60.4 Å². The van der Waals surface area contributed by atoms with Gasteiger partial charge in [0.1, 0.15) is 5.75 Å². The summed E-state index contributed by atoms with van der Waals surface area (Å²) in [5, 5.41) is 4.37. The van der Waals surface area contributed by atoms with Crippen molar-refractivity contribution in [1.82, 2.24) is 9.78 Å². The van der Waals surface area contributed by atoms with Gasteiger partial charge in [-0.15, -0.1) is 0 Å². The number of rotatable bonds is 7. The van der Waals surface area contributed by atoms with Crippen molar-refractivity contribution < 1.29 is 9.53 Å². The van der Waals surface area contributed by atoms with Crippen LogP contribution in [-0.2, 0) is 6.42 Å². The van der Waals surface area contributed by atoms with Gasteiger partial charge in [-0.3, -0.25) is 4.79 Å². The third kappa shape index (κ3) is 4.59. The summed E-state index contributed by atoms with van der Waals surface area (Å²) in [6.07, 6.45) is 1.84. The summed E-state index contributed by atoms with van der Waals surface area (Å²) >= 11 is 0. The van der Waals surface area contributed by atoms with Crippen molar-refractivity contribution in [3.63, 3.8) is 0 Å². The van der Waals surface area contributed by atoms with Gasteiger partial charge in [0.05, 0.1) is 5.69 Å². The second kappa shape index (κ2) is 8.15. The lowest BCUT2D eigenvalue weighted by Gasteiger charge is -2.11. The number of aryl methyl sites for hydroxylation is 1. The summed E-state index contributed by atoms with van der Waals surface area (Å²) in [6, 6.07) is 7.95. The molecule has 25 heavy (non-hydrogen) atoms. The Balaban J connectivity index is 2.04. The first kappa shape index (κ1) is 19.0. The highest BCUT2D eigenvalue weighted by molar-refractivity contribution is 5.80. The highest BCUT2D eigenvalue weighted by Crippen LogP contribution is 2.22. The number of ether oxygens (including phenoxy) is 1. The molecule has 134 valence electrons. The molecule has 0 aliphatic heterocycles. The maximum absolute atomic E-state index is 12.5. The maximum atomic E-state index is 12.5. The van der Waals surface area contributed by atoms with Gasteiger partial charge < -0.3 is 4.74 Å². The highest BCUT2D eigenvalue weighted by Gasteiger charge is 2.17. The van der Waals surface area contributed by atoms with Crippen molar-refractivity contribution in [3.8, 4) is 5.75 Å². The fourth-order valence-electron chi connectivity index (χ4n) is 2.81. The Morgan fingerprint density at radius 3 is 2.48 bits per heavy atom. The average molecular weight is 340 g/mol. The molecule has 0 amide bonds. The molecule has 0 bridgehead atoms. The van der Waals surface area contributed by atoms with Crippen molar-refractivity contribution in [3.05, 3.63) is 58.9 Å². The van der Waals surface area contributed by atoms with E-state index in [0.717, 1.165) is 35.4 Å². The van der Waals surface area contributed by atoms with E-state index in [1.165, 1.54) is 10.2 Å². The lowest BCUT2D eigenvalue weighted by atomic mass is 9.99. The van der Waals surface area contributed by atoms with Crippen LogP contribution in [-0.4, -0.2) is 22.3 Å². The van der Waals surface area contributed by atoms with E-state index in [2.05, 4.69) is 37.7 Å². The van der Waals surface area contributed by atoms with Gasteiger partial charge >= 0.3 is 0 Å². The van der Waals surface area contributed by atoms with Crippen molar-refractivity contribution in [2.24, 2.45) is 0 Å². The molecule has 1 heterocycles. The van der Waals surface area contributed by atoms with E-state index in [-0.39, 0.29) is 12.5 Å². The molecule has 2 aromatic rings. The zero-order chi connectivity index (χ0) is 18.6. The van der Waals surface area contributed by atoms with Gasteiger partial charge in [0.15, 0.2) is 6.61 Å². The summed E-state index contributed by atoms with van der Waals surface area (Å²) in [7, 11) is 0. The minimum atomic E-state index is -0.167. The number of nitrogens with zero attached hydrogens (tertiary/aromatic N) is 2. The van der Waals surface area contributed by atoms with E-state index in [4.69, 9.17) is 4.74 Å². The summed E-state index contributed by atoms with van der Waals surface area (Å²) in [5.41, 5.74) is 5.13. The second-order valence-electron chi connectivity index (χ2n) is 6.76. The number of allylic oxidation sites excluding steroid dienone is 1. The molecule has 0 fully saturated rings. The van der Waals surface area contributed by atoms with Gasteiger partial charge in [-0.25, -0.2) is 4.68 Å². The third-order valence-corrected chi connectivity index (χ3v) is 4.58. The SMILES string of the molecule is C=C(C)Cc1c(C)nn(C(=O)COc2ccc(C(C)CC)cc2)c1C. The van der Waals surface area contributed by atoms with Crippen LogP contribution in [0.25, 0.3) is 0 Å². The van der Waals surface area contributed by atoms with Gasteiger partial charge in [0.2, 0.25) is 0 Å². The predicted octanol–water partition coefficient (Wildman–Crippen LogP) is 4.85. The molecule has 0 aliphatic rings. The van der Waals surface area contributed by atoms with E-state index in [0.29, 0.717) is 11.7 Å². The molecule has 0 saturated heterocycles. The molecular formula is C21H28N2O2.